The van der Waals surface area contributed by atoms with Crippen LogP contribution in [0.15, 0.2) is 5.16 Å². The van der Waals surface area contributed by atoms with E-state index in [1.807, 2.05) is 13.8 Å². The van der Waals surface area contributed by atoms with Gasteiger partial charge >= 0.3 is 6.09 Å². The first-order valence-electron chi connectivity index (χ1n) is 4.89. The van der Waals surface area contributed by atoms with E-state index in [4.69, 9.17) is 15.7 Å². The molecule has 1 amide bonds. The van der Waals surface area contributed by atoms with Crippen molar-refractivity contribution in [1.82, 2.24) is 4.90 Å². The molecular weight excluding hydrogens is 198 g/mol. The summed E-state index contributed by atoms with van der Waals surface area (Å²) >= 11 is 0. The van der Waals surface area contributed by atoms with Crippen molar-refractivity contribution < 1.29 is 14.7 Å². The Labute approximate surface area is 89.7 Å². The molecule has 0 aliphatic rings. The van der Waals surface area contributed by atoms with E-state index >= 15 is 0 Å². The lowest BCUT2D eigenvalue weighted by atomic mass is 10.2. The number of ether oxygens (including phenoxy) is 1. The fraction of sp³-hybridized carbons (Fsp3) is 0.778. The van der Waals surface area contributed by atoms with E-state index in [2.05, 4.69) is 5.16 Å². The molecule has 0 atom stereocenters. The smallest absolute Gasteiger partial charge is 0.410 e. The van der Waals surface area contributed by atoms with Gasteiger partial charge in [-0.25, -0.2) is 4.79 Å². The minimum absolute atomic E-state index is 0.0154. The highest BCUT2D eigenvalue weighted by Crippen LogP contribution is 1.98. The highest BCUT2D eigenvalue weighted by Gasteiger charge is 2.14. The van der Waals surface area contributed by atoms with Gasteiger partial charge in [-0.2, -0.15) is 0 Å². The standard InChI is InChI=1S/C9H19N3O3/c1-4-12(5-8(10)11-14)9(13)15-6-7(2)3/h7,14H,4-6H2,1-3H3,(H2,10,11). The predicted octanol–water partition coefficient (Wildman–Crippen LogP) is 0.847. The van der Waals surface area contributed by atoms with Crippen LogP contribution < -0.4 is 5.73 Å². The Balaban J connectivity index is 4.10. The Kier molecular flexibility index (Phi) is 6.24. The molecule has 6 nitrogen and oxygen atoms in total. The maximum atomic E-state index is 11.4. The maximum Gasteiger partial charge on any atom is 0.410 e. The number of hydrogen-bond donors (Lipinski definition) is 2. The van der Waals surface area contributed by atoms with Crippen LogP contribution in [-0.2, 0) is 4.74 Å². The molecule has 0 heterocycles. The molecule has 15 heavy (non-hydrogen) atoms. The van der Waals surface area contributed by atoms with Gasteiger partial charge in [0.05, 0.1) is 13.2 Å². The van der Waals surface area contributed by atoms with E-state index in [-0.39, 0.29) is 18.3 Å². The third kappa shape index (κ3) is 5.77. The van der Waals surface area contributed by atoms with Gasteiger partial charge in [-0.1, -0.05) is 19.0 Å². The molecule has 0 rings (SSSR count). The molecule has 88 valence electrons. The number of carbonyl (C=O) groups is 1. The number of oxime groups is 1. The molecule has 0 aromatic carbocycles. The Morgan fingerprint density at radius 2 is 2.20 bits per heavy atom. The van der Waals surface area contributed by atoms with E-state index < -0.39 is 6.09 Å². The van der Waals surface area contributed by atoms with Gasteiger partial charge in [0.1, 0.15) is 0 Å². The van der Waals surface area contributed by atoms with Gasteiger partial charge in [0, 0.05) is 6.54 Å². The average molecular weight is 217 g/mol. The molecule has 0 unspecified atom stereocenters. The van der Waals surface area contributed by atoms with E-state index in [9.17, 15) is 4.79 Å². The second kappa shape index (κ2) is 6.92. The number of nitrogens with zero attached hydrogens (tertiary/aromatic N) is 2. The molecular formula is C9H19N3O3. The van der Waals surface area contributed by atoms with Crippen molar-refractivity contribution >= 4 is 11.9 Å². The quantitative estimate of drug-likeness (QED) is 0.309. The van der Waals surface area contributed by atoms with Crippen molar-refractivity contribution in [2.75, 3.05) is 19.7 Å². The van der Waals surface area contributed by atoms with Gasteiger partial charge in [-0.15, -0.1) is 0 Å². The van der Waals surface area contributed by atoms with Crippen molar-refractivity contribution in [2.24, 2.45) is 16.8 Å². The Morgan fingerprint density at radius 1 is 1.60 bits per heavy atom. The van der Waals surface area contributed by atoms with Gasteiger partial charge in [0.15, 0.2) is 5.84 Å². The monoisotopic (exact) mass is 217 g/mol. The Bertz CT molecular complexity index is 229. The largest absolute Gasteiger partial charge is 0.449 e. The van der Waals surface area contributed by atoms with Crippen LogP contribution in [0.5, 0.6) is 0 Å². The zero-order chi connectivity index (χ0) is 11.8. The fourth-order valence-electron chi connectivity index (χ4n) is 0.862. The lowest BCUT2D eigenvalue weighted by Crippen LogP contribution is -2.39. The van der Waals surface area contributed by atoms with E-state index in [0.717, 1.165) is 0 Å². The molecule has 0 bridgehead atoms. The van der Waals surface area contributed by atoms with Crippen molar-refractivity contribution in [3.8, 4) is 0 Å². The molecule has 0 aromatic heterocycles. The first-order chi connectivity index (χ1) is 7.01. The zero-order valence-corrected chi connectivity index (χ0v) is 9.43. The van der Waals surface area contributed by atoms with Crippen molar-refractivity contribution in [3.63, 3.8) is 0 Å². The zero-order valence-electron chi connectivity index (χ0n) is 9.43. The number of hydrogen-bond acceptors (Lipinski definition) is 4. The second-order valence-corrected chi connectivity index (χ2v) is 3.58. The van der Waals surface area contributed by atoms with Crippen LogP contribution in [0.4, 0.5) is 4.79 Å². The van der Waals surface area contributed by atoms with Crippen LogP contribution in [0.2, 0.25) is 0 Å². The molecule has 0 saturated heterocycles. The summed E-state index contributed by atoms with van der Waals surface area (Å²) in [5.74, 6) is 0.273. The molecule has 3 N–H and O–H groups in total. The molecule has 0 saturated carbocycles. The highest BCUT2D eigenvalue weighted by molar-refractivity contribution is 5.84. The van der Waals surface area contributed by atoms with Crippen LogP contribution in [0.1, 0.15) is 20.8 Å². The summed E-state index contributed by atoms with van der Waals surface area (Å²) < 4.78 is 5.00. The first-order valence-corrected chi connectivity index (χ1v) is 4.89. The number of rotatable bonds is 5. The van der Waals surface area contributed by atoms with Crippen LogP contribution in [-0.4, -0.2) is 41.7 Å². The topological polar surface area (TPSA) is 88.1 Å². The molecule has 0 fully saturated rings. The van der Waals surface area contributed by atoms with E-state index in [1.54, 1.807) is 6.92 Å². The molecule has 0 spiro atoms. The molecule has 0 radical (unpaired) electrons. The van der Waals surface area contributed by atoms with Crippen molar-refractivity contribution in [1.29, 1.82) is 0 Å². The van der Waals surface area contributed by atoms with Gasteiger partial charge in [0.2, 0.25) is 0 Å². The maximum absolute atomic E-state index is 11.4. The minimum Gasteiger partial charge on any atom is -0.449 e. The summed E-state index contributed by atoms with van der Waals surface area (Å²) in [6.45, 7) is 6.59. The van der Waals surface area contributed by atoms with Gasteiger partial charge in [0.25, 0.3) is 0 Å². The third-order valence-electron chi connectivity index (χ3n) is 1.66. The summed E-state index contributed by atoms with van der Waals surface area (Å²) in [7, 11) is 0. The minimum atomic E-state index is -0.446. The summed E-state index contributed by atoms with van der Waals surface area (Å²) in [6, 6.07) is 0. The first kappa shape index (κ1) is 13.5. The van der Waals surface area contributed by atoms with Gasteiger partial charge < -0.3 is 20.6 Å². The van der Waals surface area contributed by atoms with Gasteiger partial charge in [-0.05, 0) is 12.8 Å². The lowest BCUT2D eigenvalue weighted by Gasteiger charge is -2.20. The molecule has 0 aliphatic carbocycles. The Morgan fingerprint density at radius 3 is 2.60 bits per heavy atom. The number of likely N-dealkylation sites (N-methyl/N-ethyl adjacent to an activating group) is 1. The normalized spacial score (nSPS) is 11.6. The summed E-state index contributed by atoms with van der Waals surface area (Å²) in [6.07, 6.45) is -0.446. The van der Waals surface area contributed by atoms with Crippen LogP contribution in [0.3, 0.4) is 0 Å². The molecule has 0 aromatic rings. The van der Waals surface area contributed by atoms with Crippen LogP contribution in [0.25, 0.3) is 0 Å². The summed E-state index contributed by atoms with van der Waals surface area (Å²) in [5.41, 5.74) is 5.29. The SMILES string of the molecule is CCN(CC(N)=NO)C(=O)OCC(C)C. The highest BCUT2D eigenvalue weighted by atomic mass is 16.6. The average Bonchev–Trinajstić information content (AvgIpc) is 2.21. The van der Waals surface area contributed by atoms with E-state index in [0.29, 0.717) is 13.2 Å². The van der Waals surface area contributed by atoms with Gasteiger partial charge in [-0.3, -0.25) is 0 Å². The summed E-state index contributed by atoms with van der Waals surface area (Å²) in [4.78, 5) is 12.8. The molecule has 0 aliphatic heterocycles. The van der Waals surface area contributed by atoms with Crippen LogP contribution in [0, 0.1) is 5.92 Å². The number of carbonyl (C=O) groups excluding carboxylic acids is 1. The van der Waals surface area contributed by atoms with Crippen LogP contribution >= 0.6 is 0 Å². The number of nitrogens with two attached hydrogens (primary N) is 1. The molecule has 6 heteroatoms. The predicted molar refractivity (Wildman–Crippen MR) is 56.8 cm³/mol. The number of amidine groups is 1. The Hall–Kier alpha value is -1.46. The van der Waals surface area contributed by atoms with Crippen molar-refractivity contribution in [2.45, 2.75) is 20.8 Å². The van der Waals surface area contributed by atoms with Crippen molar-refractivity contribution in [3.05, 3.63) is 0 Å². The van der Waals surface area contributed by atoms with E-state index in [1.165, 1.54) is 4.90 Å². The number of amides is 1. The summed E-state index contributed by atoms with van der Waals surface area (Å²) in [5, 5.41) is 11.2. The third-order valence-corrected chi connectivity index (χ3v) is 1.66. The lowest BCUT2D eigenvalue weighted by molar-refractivity contribution is 0.0981. The second-order valence-electron chi connectivity index (χ2n) is 3.58. The fourth-order valence-corrected chi connectivity index (χ4v) is 0.862.